The van der Waals surface area contributed by atoms with E-state index in [-0.39, 0.29) is 11.8 Å². The fourth-order valence-electron chi connectivity index (χ4n) is 1.79. The third-order valence-electron chi connectivity index (χ3n) is 2.79. The van der Waals surface area contributed by atoms with Gasteiger partial charge in [0.05, 0.1) is 11.1 Å². The molecular weight excluding hydrogens is 271 g/mol. The zero-order valence-electron chi connectivity index (χ0n) is 9.99. The van der Waals surface area contributed by atoms with E-state index in [0.29, 0.717) is 0 Å². The Kier molecular flexibility index (Phi) is 3.56. The minimum Gasteiger partial charge on any atom is -0.366 e. The van der Waals surface area contributed by atoms with Crippen LogP contribution in [0.15, 0.2) is 30.3 Å². The van der Waals surface area contributed by atoms with Gasteiger partial charge in [0, 0.05) is 11.1 Å². The summed E-state index contributed by atoms with van der Waals surface area (Å²) in [5.74, 6) is -4.80. The van der Waals surface area contributed by atoms with Crippen molar-refractivity contribution >= 4 is 12.2 Å². The first kappa shape index (κ1) is 13.8. The molecule has 2 rings (SSSR count). The summed E-state index contributed by atoms with van der Waals surface area (Å²) in [5.41, 5.74) is 3.37. The Balaban J connectivity index is 2.70. The average Bonchev–Trinajstić information content (AvgIpc) is 2.42. The summed E-state index contributed by atoms with van der Waals surface area (Å²) in [5, 5.41) is 0. The van der Waals surface area contributed by atoms with Crippen LogP contribution in [0, 0.1) is 17.5 Å². The maximum Gasteiger partial charge on any atom is 0.251 e. The summed E-state index contributed by atoms with van der Waals surface area (Å²) in [6.07, 6.45) is 0.151. The Labute approximate surface area is 111 Å². The van der Waals surface area contributed by atoms with Gasteiger partial charge in [-0.15, -0.1) is 0 Å². The second-order valence-electron chi connectivity index (χ2n) is 3.98. The molecule has 1 amide bonds. The normalized spacial score (nSPS) is 10.3. The lowest BCUT2D eigenvalue weighted by Crippen LogP contribution is -2.13. The summed E-state index contributed by atoms with van der Waals surface area (Å²) in [4.78, 5) is 21.5. The van der Waals surface area contributed by atoms with Gasteiger partial charge in [0.2, 0.25) is 0 Å². The van der Waals surface area contributed by atoms with E-state index < -0.39 is 40.0 Å². The maximum absolute atomic E-state index is 14.0. The number of primary amides is 1. The van der Waals surface area contributed by atoms with Crippen molar-refractivity contribution in [2.75, 3.05) is 0 Å². The van der Waals surface area contributed by atoms with Crippen molar-refractivity contribution in [2.24, 2.45) is 5.73 Å². The molecule has 3 nitrogen and oxygen atoms in total. The van der Waals surface area contributed by atoms with Crippen LogP contribution < -0.4 is 5.73 Å². The number of carbonyl (C=O) groups is 2. The second-order valence-corrected chi connectivity index (χ2v) is 3.98. The molecule has 0 radical (unpaired) electrons. The number of amides is 1. The van der Waals surface area contributed by atoms with E-state index in [9.17, 15) is 22.8 Å². The van der Waals surface area contributed by atoms with E-state index in [1.165, 1.54) is 12.1 Å². The summed E-state index contributed by atoms with van der Waals surface area (Å²) in [6, 6.07) is 5.70. The molecule has 0 saturated heterocycles. The molecule has 0 fully saturated rings. The van der Waals surface area contributed by atoms with Crippen molar-refractivity contribution in [3.8, 4) is 11.1 Å². The van der Waals surface area contributed by atoms with Crippen LogP contribution in [0.3, 0.4) is 0 Å². The molecule has 6 heteroatoms. The molecule has 20 heavy (non-hydrogen) atoms. The molecule has 0 heterocycles. The van der Waals surface area contributed by atoms with Crippen LogP contribution in [0.1, 0.15) is 20.7 Å². The molecule has 0 atom stereocenters. The SMILES string of the molecule is NC(=O)c1cccc(-c2ccc(C=O)c(F)c2F)c1F. The van der Waals surface area contributed by atoms with Crippen molar-refractivity contribution < 1.29 is 22.8 Å². The topological polar surface area (TPSA) is 60.2 Å². The standard InChI is InChI=1S/C14H8F3NO2/c15-11-7(6-19)4-5-9(13(11)17)8-2-1-3-10(12(8)16)14(18)20/h1-6H,(H2,18,20). The third-order valence-corrected chi connectivity index (χ3v) is 2.79. The Morgan fingerprint density at radius 3 is 2.20 bits per heavy atom. The highest BCUT2D eigenvalue weighted by atomic mass is 19.2. The Morgan fingerprint density at radius 2 is 1.60 bits per heavy atom. The monoisotopic (exact) mass is 279 g/mol. The molecule has 0 aliphatic carbocycles. The minimum absolute atomic E-state index is 0.151. The van der Waals surface area contributed by atoms with Gasteiger partial charge < -0.3 is 5.73 Å². The number of halogens is 3. The lowest BCUT2D eigenvalue weighted by molar-refractivity contribution is 0.0996. The van der Waals surface area contributed by atoms with Crippen molar-refractivity contribution in [1.82, 2.24) is 0 Å². The van der Waals surface area contributed by atoms with E-state index in [0.717, 1.165) is 18.2 Å². The molecule has 0 aliphatic rings. The van der Waals surface area contributed by atoms with Gasteiger partial charge in [-0.05, 0) is 12.1 Å². The van der Waals surface area contributed by atoms with E-state index in [1.54, 1.807) is 0 Å². The smallest absolute Gasteiger partial charge is 0.251 e. The molecule has 0 bridgehead atoms. The first-order valence-corrected chi connectivity index (χ1v) is 5.49. The number of carbonyl (C=O) groups excluding carboxylic acids is 2. The summed E-state index contributed by atoms with van der Waals surface area (Å²) in [7, 11) is 0. The van der Waals surface area contributed by atoms with Crippen molar-refractivity contribution in [3.63, 3.8) is 0 Å². The third kappa shape index (κ3) is 2.16. The number of benzene rings is 2. The van der Waals surface area contributed by atoms with Gasteiger partial charge in [-0.3, -0.25) is 9.59 Å². The first-order chi connectivity index (χ1) is 9.47. The maximum atomic E-state index is 14.0. The number of hydrogen-bond donors (Lipinski definition) is 1. The molecule has 0 unspecified atom stereocenters. The molecule has 102 valence electrons. The molecule has 0 spiro atoms. The molecule has 0 aliphatic heterocycles. The van der Waals surface area contributed by atoms with E-state index in [4.69, 9.17) is 5.73 Å². The van der Waals surface area contributed by atoms with E-state index in [2.05, 4.69) is 0 Å². The van der Waals surface area contributed by atoms with Gasteiger partial charge in [0.25, 0.3) is 5.91 Å². The predicted octanol–water partition coefficient (Wildman–Crippen LogP) is 2.68. The summed E-state index contributed by atoms with van der Waals surface area (Å²) < 4.78 is 41.4. The molecular formula is C14H8F3NO2. The van der Waals surface area contributed by atoms with Crippen molar-refractivity contribution in [1.29, 1.82) is 0 Å². The molecule has 0 aromatic heterocycles. The molecule has 2 aromatic carbocycles. The van der Waals surface area contributed by atoms with E-state index >= 15 is 0 Å². The lowest BCUT2D eigenvalue weighted by Gasteiger charge is -2.08. The van der Waals surface area contributed by atoms with Crippen LogP contribution in [-0.2, 0) is 0 Å². The number of nitrogens with two attached hydrogens (primary N) is 1. The lowest BCUT2D eigenvalue weighted by atomic mass is 9.99. The summed E-state index contributed by atoms with van der Waals surface area (Å²) in [6.45, 7) is 0. The quantitative estimate of drug-likeness (QED) is 0.878. The average molecular weight is 279 g/mol. The van der Waals surface area contributed by atoms with Gasteiger partial charge in [0.15, 0.2) is 17.9 Å². The van der Waals surface area contributed by atoms with Crippen LogP contribution >= 0.6 is 0 Å². The molecule has 2 N–H and O–H groups in total. The zero-order chi connectivity index (χ0) is 14.9. The van der Waals surface area contributed by atoms with Gasteiger partial charge in [-0.2, -0.15) is 0 Å². The highest BCUT2D eigenvalue weighted by Gasteiger charge is 2.19. The molecule has 0 saturated carbocycles. The van der Waals surface area contributed by atoms with Crippen LogP contribution in [0.25, 0.3) is 11.1 Å². The highest BCUT2D eigenvalue weighted by molar-refractivity contribution is 5.94. The van der Waals surface area contributed by atoms with E-state index in [1.807, 2.05) is 0 Å². The largest absolute Gasteiger partial charge is 0.366 e. The van der Waals surface area contributed by atoms with Crippen molar-refractivity contribution in [3.05, 3.63) is 58.9 Å². The molecule has 2 aromatic rings. The minimum atomic E-state index is -1.37. The van der Waals surface area contributed by atoms with Crippen molar-refractivity contribution in [2.45, 2.75) is 0 Å². The fourth-order valence-corrected chi connectivity index (χ4v) is 1.79. The number of aldehydes is 1. The Bertz CT molecular complexity index is 714. The van der Waals surface area contributed by atoms with Crippen LogP contribution in [0.4, 0.5) is 13.2 Å². The Morgan fingerprint density at radius 1 is 0.950 bits per heavy atom. The number of hydrogen-bond acceptors (Lipinski definition) is 2. The van der Waals surface area contributed by atoms with Gasteiger partial charge in [-0.25, -0.2) is 13.2 Å². The predicted molar refractivity (Wildman–Crippen MR) is 65.7 cm³/mol. The second kappa shape index (κ2) is 5.16. The Hall–Kier alpha value is -2.63. The summed E-state index contributed by atoms with van der Waals surface area (Å²) >= 11 is 0. The highest BCUT2D eigenvalue weighted by Crippen LogP contribution is 2.29. The van der Waals surface area contributed by atoms with Crippen LogP contribution in [0.5, 0.6) is 0 Å². The fraction of sp³-hybridized carbons (Fsp3) is 0. The van der Waals surface area contributed by atoms with Gasteiger partial charge in [0.1, 0.15) is 5.82 Å². The van der Waals surface area contributed by atoms with Crippen LogP contribution in [-0.4, -0.2) is 12.2 Å². The zero-order valence-corrected chi connectivity index (χ0v) is 9.99. The van der Waals surface area contributed by atoms with Gasteiger partial charge >= 0.3 is 0 Å². The first-order valence-electron chi connectivity index (χ1n) is 5.49. The van der Waals surface area contributed by atoms with Gasteiger partial charge in [-0.1, -0.05) is 18.2 Å². The van der Waals surface area contributed by atoms with Crippen LogP contribution in [0.2, 0.25) is 0 Å². The number of rotatable bonds is 3.